The molecule has 1 rings (SSSR count). The molecule has 0 saturated heterocycles. The standard InChI is InChI=1S/C12H11NO8/c1-4-2-5(6(9(14)15)10(16)17)8(13-3-4)7(11(18)19)12(20)21/h2-3,6-7H,1H3,(H,14,15)(H,16,17)(H,18,19)(H,20,21). The first kappa shape index (κ1) is 16.1. The summed E-state index contributed by atoms with van der Waals surface area (Å²) in [6, 6.07) is 1.11. The maximum atomic E-state index is 11.1. The van der Waals surface area contributed by atoms with Crippen molar-refractivity contribution >= 4 is 23.9 Å². The van der Waals surface area contributed by atoms with Gasteiger partial charge in [0.15, 0.2) is 11.8 Å². The largest absolute Gasteiger partial charge is 0.480 e. The Balaban J connectivity index is 3.61. The molecule has 0 unspecified atom stereocenters. The molecular weight excluding hydrogens is 286 g/mol. The number of pyridine rings is 1. The van der Waals surface area contributed by atoms with Crippen molar-refractivity contribution in [3.05, 3.63) is 29.1 Å². The van der Waals surface area contributed by atoms with Crippen LogP contribution in [0.5, 0.6) is 0 Å². The molecule has 0 radical (unpaired) electrons. The number of hydrogen-bond acceptors (Lipinski definition) is 5. The molecule has 1 aromatic heterocycles. The van der Waals surface area contributed by atoms with E-state index in [1.807, 2.05) is 0 Å². The number of aromatic nitrogens is 1. The lowest BCUT2D eigenvalue weighted by Crippen LogP contribution is -2.28. The Bertz CT molecular complexity index is 596. The fourth-order valence-electron chi connectivity index (χ4n) is 1.79. The second-order valence-electron chi connectivity index (χ2n) is 4.21. The minimum Gasteiger partial charge on any atom is -0.480 e. The smallest absolute Gasteiger partial charge is 0.324 e. The van der Waals surface area contributed by atoms with Gasteiger partial charge in [-0.15, -0.1) is 0 Å². The van der Waals surface area contributed by atoms with E-state index in [9.17, 15) is 19.2 Å². The van der Waals surface area contributed by atoms with E-state index in [1.165, 1.54) is 6.92 Å². The van der Waals surface area contributed by atoms with Crippen molar-refractivity contribution in [1.29, 1.82) is 0 Å². The van der Waals surface area contributed by atoms with Crippen LogP contribution < -0.4 is 0 Å². The van der Waals surface area contributed by atoms with Gasteiger partial charge in [0.25, 0.3) is 0 Å². The van der Waals surface area contributed by atoms with Gasteiger partial charge >= 0.3 is 23.9 Å². The summed E-state index contributed by atoms with van der Waals surface area (Å²) < 4.78 is 0. The highest BCUT2D eigenvalue weighted by molar-refractivity contribution is 6.02. The minimum absolute atomic E-state index is 0.371. The van der Waals surface area contributed by atoms with Crippen LogP contribution in [-0.4, -0.2) is 49.3 Å². The van der Waals surface area contributed by atoms with E-state index in [-0.39, 0.29) is 0 Å². The average Bonchev–Trinajstić information content (AvgIpc) is 2.30. The third-order valence-corrected chi connectivity index (χ3v) is 2.66. The predicted octanol–water partition coefficient (Wildman–Crippen LogP) is -0.104. The Hall–Kier alpha value is -2.97. The molecule has 21 heavy (non-hydrogen) atoms. The van der Waals surface area contributed by atoms with Crippen molar-refractivity contribution in [2.45, 2.75) is 18.8 Å². The van der Waals surface area contributed by atoms with E-state index >= 15 is 0 Å². The fourth-order valence-corrected chi connectivity index (χ4v) is 1.79. The summed E-state index contributed by atoms with van der Waals surface area (Å²) >= 11 is 0. The maximum absolute atomic E-state index is 11.1. The number of carboxylic acid groups (broad SMARTS) is 4. The van der Waals surface area contributed by atoms with Crippen molar-refractivity contribution < 1.29 is 39.6 Å². The normalized spacial score (nSPS) is 10.6. The van der Waals surface area contributed by atoms with Gasteiger partial charge in [-0.1, -0.05) is 6.07 Å². The molecule has 4 N–H and O–H groups in total. The Kier molecular flexibility index (Phi) is 4.59. The SMILES string of the molecule is Cc1cnc(C(C(=O)O)C(=O)O)c(C(C(=O)O)C(=O)O)c1. The molecule has 0 saturated carbocycles. The maximum Gasteiger partial charge on any atom is 0.324 e. The Labute approximate surface area is 117 Å². The summed E-state index contributed by atoms with van der Waals surface area (Å²) in [4.78, 5) is 47.8. The van der Waals surface area contributed by atoms with E-state index in [1.54, 1.807) is 0 Å². The number of rotatable bonds is 6. The highest BCUT2D eigenvalue weighted by atomic mass is 16.4. The van der Waals surface area contributed by atoms with Crippen LogP contribution in [0.1, 0.15) is 28.7 Å². The third kappa shape index (κ3) is 3.32. The van der Waals surface area contributed by atoms with Crippen LogP contribution in [0.2, 0.25) is 0 Å². The summed E-state index contributed by atoms with van der Waals surface area (Å²) in [6.07, 6.45) is 1.14. The molecule has 0 aliphatic heterocycles. The van der Waals surface area contributed by atoms with Crippen molar-refractivity contribution in [2.24, 2.45) is 0 Å². The van der Waals surface area contributed by atoms with Crippen LogP contribution in [-0.2, 0) is 19.2 Å². The molecule has 1 heterocycles. The molecule has 0 aliphatic rings. The summed E-state index contributed by atoms with van der Waals surface area (Å²) in [5, 5.41) is 35.8. The Morgan fingerprint density at radius 1 is 0.905 bits per heavy atom. The van der Waals surface area contributed by atoms with Gasteiger partial charge in [0.1, 0.15) is 0 Å². The first-order valence-corrected chi connectivity index (χ1v) is 5.54. The lowest BCUT2D eigenvalue weighted by molar-refractivity contribution is -0.153. The highest BCUT2D eigenvalue weighted by Gasteiger charge is 2.38. The van der Waals surface area contributed by atoms with Crippen molar-refractivity contribution in [1.82, 2.24) is 4.98 Å². The lowest BCUT2D eigenvalue weighted by Gasteiger charge is -2.16. The molecule has 0 atom stereocenters. The zero-order valence-corrected chi connectivity index (χ0v) is 10.7. The predicted molar refractivity (Wildman–Crippen MR) is 65.0 cm³/mol. The van der Waals surface area contributed by atoms with E-state index < -0.39 is 47.0 Å². The Morgan fingerprint density at radius 3 is 1.71 bits per heavy atom. The van der Waals surface area contributed by atoms with Gasteiger partial charge in [0.2, 0.25) is 0 Å². The molecule has 9 heteroatoms. The van der Waals surface area contributed by atoms with Gasteiger partial charge < -0.3 is 20.4 Å². The molecular formula is C12H11NO8. The Morgan fingerprint density at radius 2 is 1.33 bits per heavy atom. The zero-order chi connectivity index (χ0) is 16.3. The average molecular weight is 297 g/mol. The second-order valence-corrected chi connectivity index (χ2v) is 4.21. The number of aryl methyl sites for hydroxylation is 1. The minimum atomic E-state index is -2.15. The fraction of sp³-hybridized carbons (Fsp3) is 0.250. The monoisotopic (exact) mass is 297 g/mol. The lowest BCUT2D eigenvalue weighted by atomic mass is 9.90. The van der Waals surface area contributed by atoms with Crippen LogP contribution in [0, 0.1) is 6.92 Å². The molecule has 0 aromatic carbocycles. The van der Waals surface area contributed by atoms with Gasteiger partial charge in [-0.25, -0.2) is 0 Å². The number of carboxylic acids is 4. The summed E-state index contributed by atoms with van der Waals surface area (Å²) in [5.74, 6) is -11.3. The van der Waals surface area contributed by atoms with Crippen molar-refractivity contribution in [2.75, 3.05) is 0 Å². The number of hydrogen-bond donors (Lipinski definition) is 4. The van der Waals surface area contributed by atoms with Crippen molar-refractivity contribution in [3.63, 3.8) is 0 Å². The van der Waals surface area contributed by atoms with Gasteiger partial charge in [-0.3, -0.25) is 24.2 Å². The summed E-state index contributed by atoms with van der Waals surface area (Å²) in [6.45, 7) is 1.48. The first-order chi connectivity index (χ1) is 9.66. The second kappa shape index (κ2) is 5.99. The van der Waals surface area contributed by atoms with Gasteiger partial charge in [0.05, 0.1) is 5.69 Å². The summed E-state index contributed by atoms with van der Waals surface area (Å²) in [5.41, 5.74) is -0.712. The number of aliphatic carboxylic acids is 4. The van der Waals surface area contributed by atoms with E-state index in [0.29, 0.717) is 5.56 Å². The van der Waals surface area contributed by atoms with E-state index in [0.717, 1.165) is 12.3 Å². The molecule has 0 aliphatic carbocycles. The van der Waals surface area contributed by atoms with E-state index in [2.05, 4.69) is 4.98 Å². The van der Waals surface area contributed by atoms with Gasteiger partial charge in [-0.05, 0) is 12.5 Å². The first-order valence-electron chi connectivity index (χ1n) is 5.54. The third-order valence-electron chi connectivity index (χ3n) is 2.66. The molecule has 0 spiro atoms. The van der Waals surface area contributed by atoms with Crippen LogP contribution in [0.15, 0.2) is 12.3 Å². The molecule has 0 fully saturated rings. The van der Waals surface area contributed by atoms with Crippen molar-refractivity contribution in [3.8, 4) is 0 Å². The van der Waals surface area contributed by atoms with Crippen LogP contribution in [0.4, 0.5) is 0 Å². The molecule has 0 amide bonds. The number of nitrogens with zero attached hydrogens (tertiary/aromatic N) is 1. The van der Waals surface area contributed by atoms with Gasteiger partial charge in [0, 0.05) is 11.8 Å². The zero-order valence-electron chi connectivity index (χ0n) is 10.7. The van der Waals surface area contributed by atoms with E-state index in [4.69, 9.17) is 20.4 Å². The number of carbonyl (C=O) groups is 4. The van der Waals surface area contributed by atoms with Crippen LogP contribution in [0.25, 0.3) is 0 Å². The van der Waals surface area contributed by atoms with Crippen LogP contribution >= 0.6 is 0 Å². The molecule has 0 bridgehead atoms. The highest BCUT2D eigenvalue weighted by Crippen LogP contribution is 2.27. The topological polar surface area (TPSA) is 162 Å². The molecule has 9 nitrogen and oxygen atoms in total. The van der Waals surface area contributed by atoms with Gasteiger partial charge in [-0.2, -0.15) is 0 Å². The molecule has 112 valence electrons. The van der Waals surface area contributed by atoms with Crippen LogP contribution in [0.3, 0.4) is 0 Å². The quantitative estimate of drug-likeness (QED) is 0.525. The summed E-state index contributed by atoms with van der Waals surface area (Å²) in [7, 11) is 0. The molecule has 1 aromatic rings.